The van der Waals surface area contributed by atoms with Crippen LogP contribution in [-0.2, 0) is 16.1 Å². The van der Waals surface area contributed by atoms with Crippen LogP contribution in [0.2, 0.25) is 0 Å². The third-order valence-electron chi connectivity index (χ3n) is 4.54. The van der Waals surface area contributed by atoms with Gasteiger partial charge in [-0.05, 0) is 30.9 Å². The van der Waals surface area contributed by atoms with Gasteiger partial charge in [-0.3, -0.25) is 9.69 Å². The van der Waals surface area contributed by atoms with Gasteiger partial charge in [0.15, 0.2) is 0 Å². The second-order valence-corrected chi connectivity index (χ2v) is 7.34. The van der Waals surface area contributed by atoms with Crippen molar-refractivity contribution in [3.8, 4) is 0 Å². The van der Waals surface area contributed by atoms with E-state index in [0.717, 1.165) is 19.0 Å². The predicted molar refractivity (Wildman–Crippen MR) is 84.4 cm³/mol. The molecule has 2 heterocycles. The fourth-order valence-electron chi connectivity index (χ4n) is 3.32. The molecule has 3 rings (SSSR count). The molecule has 1 aliphatic heterocycles. The summed E-state index contributed by atoms with van der Waals surface area (Å²) in [7, 11) is 0. The smallest absolute Gasteiger partial charge is 0.247 e. The van der Waals surface area contributed by atoms with E-state index >= 15 is 0 Å². The molecule has 1 aromatic heterocycles. The molecule has 0 aromatic carbocycles. The van der Waals surface area contributed by atoms with Gasteiger partial charge in [0.05, 0.1) is 6.61 Å². The van der Waals surface area contributed by atoms with Crippen molar-refractivity contribution >= 4 is 17.2 Å². The van der Waals surface area contributed by atoms with Gasteiger partial charge in [-0.15, -0.1) is 11.3 Å². The van der Waals surface area contributed by atoms with Gasteiger partial charge in [0.2, 0.25) is 5.91 Å². The summed E-state index contributed by atoms with van der Waals surface area (Å²) in [5, 5.41) is 0. The monoisotopic (exact) mass is 308 g/mol. The standard InChI is InChI=1S/C16H24N2O2S/c17-16(19)14-11-18(8-9-20-14)10-13-6-7-15(21-13)12-4-2-1-3-5-12/h6-7,12,14H,1-5,8-11H2,(H2,17,19)/t14-/m1/s1. The van der Waals surface area contributed by atoms with Gasteiger partial charge >= 0.3 is 0 Å². The molecule has 21 heavy (non-hydrogen) atoms. The van der Waals surface area contributed by atoms with Crippen LogP contribution in [0.1, 0.15) is 47.8 Å². The molecule has 1 saturated carbocycles. The number of hydrogen-bond acceptors (Lipinski definition) is 4. The summed E-state index contributed by atoms with van der Waals surface area (Å²) < 4.78 is 5.39. The van der Waals surface area contributed by atoms with Crippen molar-refractivity contribution in [3.05, 3.63) is 21.9 Å². The van der Waals surface area contributed by atoms with E-state index in [4.69, 9.17) is 10.5 Å². The van der Waals surface area contributed by atoms with Gasteiger partial charge in [0.25, 0.3) is 0 Å². The van der Waals surface area contributed by atoms with E-state index in [-0.39, 0.29) is 5.91 Å². The summed E-state index contributed by atoms with van der Waals surface area (Å²) in [4.78, 5) is 16.4. The van der Waals surface area contributed by atoms with E-state index in [2.05, 4.69) is 17.0 Å². The summed E-state index contributed by atoms with van der Waals surface area (Å²) >= 11 is 1.94. The van der Waals surface area contributed by atoms with Crippen molar-refractivity contribution in [2.75, 3.05) is 19.7 Å². The normalized spacial score (nSPS) is 25.0. The van der Waals surface area contributed by atoms with Gasteiger partial charge < -0.3 is 10.5 Å². The SMILES string of the molecule is NC(=O)[C@H]1CN(Cc2ccc(C3CCCCC3)s2)CCO1. The summed E-state index contributed by atoms with van der Waals surface area (Å²) in [6.45, 7) is 2.99. The van der Waals surface area contributed by atoms with Crippen LogP contribution in [-0.4, -0.2) is 36.6 Å². The zero-order chi connectivity index (χ0) is 14.7. The van der Waals surface area contributed by atoms with Crippen molar-refractivity contribution in [2.24, 2.45) is 5.73 Å². The van der Waals surface area contributed by atoms with Crippen LogP contribution in [0.15, 0.2) is 12.1 Å². The Morgan fingerprint density at radius 3 is 2.90 bits per heavy atom. The Morgan fingerprint density at radius 1 is 1.33 bits per heavy atom. The molecular weight excluding hydrogens is 284 g/mol. The highest BCUT2D eigenvalue weighted by Gasteiger charge is 2.25. The summed E-state index contributed by atoms with van der Waals surface area (Å²) in [5.74, 6) is 0.425. The van der Waals surface area contributed by atoms with E-state index in [1.165, 1.54) is 37.0 Å². The average Bonchev–Trinajstić information content (AvgIpc) is 2.97. The first-order valence-corrected chi connectivity index (χ1v) is 8.76. The molecule has 2 aliphatic rings. The quantitative estimate of drug-likeness (QED) is 0.929. The maximum absolute atomic E-state index is 11.2. The van der Waals surface area contributed by atoms with Gasteiger partial charge in [-0.2, -0.15) is 0 Å². The lowest BCUT2D eigenvalue weighted by atomic mass is 9.88. The summed E-state index contributed by atoms with van der Waals surface area (Å²) in [6, 6.07) is 4.56. The van der Waals surface area contributed by atoms with Crippen molar-refractivity contribution in [3.63, 3.8) is 0 Å². The fourth-order valence-corrected chi connectivity index (χ4v) is 4.55. The van der Waals surface area contributed by atoms with Crippen LogP contribution >= 0.6 is 11.3 Å². The number of primary amides is 1. The molecule has 116 valence electrons. The minimum absolute atomic E-state index is 0.353. The number of thiophene rings is 1. The minimum atomic E-state index is -0.448. The molecule has 0 radical (unpaired) electrons. The van der Waals surface area contributed by atoms with Crippen LogP contribution < -0.4 is 5.73 Å². The molecule has 1 atom stereocenters. The first kappa shape index (κ1) is 15.0. The fraction of sp³-hybridized carbons (Fsp3) is 0.688. The molecule has 1 aromatic rings. The topological polar surface area (TPSA) is 55.6 Å². The number of hydrogen-bond donors (Lipinski definition) is 1. The zero-order valence-electron chi connectivity index (χ0n) is 12.4. The van der Waals surface area contributed by atoms with Gasteiger partial charge in [0, 0.05) is 29.4 Å². The van der Waals surface area contributed by atoms with E-state index < -0.39 is 6.10 Å². The van der Waals surface area contributed by atoms with Crippen LogP contribution in [0.25, 0.3) is 0 Å². The molecule has 0 spiro atoms. The first-order valence-electron chi connectivity index (χ1n) is 7.94. The Labute approximate surface area is 130 Å². The van der Waals surface area contributed by atoms with E-state index in [9.17, 15) is 4.79 Å². The number of nitrogens with zero attached hydrogens (tertiary/aromatic N) is 1. The molecule has 2 fully saturated rings. The van der Waals surface area contributed by atoms with Crippen molar-refractivity contribution in [1.82, 2.24) is 4.90 Å². The van der Waals surface area contributed by atoms with Crippen LogP contribution in [0, 0.1) is 0 Å². The van der Waals surface area contributed by atoms with Crippen molar-refractivity contribution in [1.29, 1.82) is 0 Å². The highest BCUT2D eigenvalue weighted by Crippen LogP contribution is 2.36. The molecule has 1 amide bonds. The maximum Gasteiger partial charge on any atom is 0.247 e. The molecule has 0 unspecified atom stereocenters. The van der Waals surface area contributed by atoms with Crippen molar-refractivity contribution < 1.29 is 9.53 Å². The Morgan fingerprint density at radius 2 is 2.14 bits per heavy atom. The number of nitrogens with two attached hydrogens (primary N) is 1. The van der Waals surface area contributed by atoms with Gasteiger partial charge in [-0.25, -0.2) is 0 Å². The predicted octanol–water partition coefficient (Wildman–Crippen LogP) is 2.48. The average molecular weight is 308 g/mol. The van der Waals surface area contributed by atoms with E-state index in [1.54, 1.807) is 4.88 Å². The number of ether oxygens (including phenoxy) is 1. The lowest BCUT2D eigenvalue weighted by molar-refractivity contribution is -0.135. The minimum Gasteiger partial charge on any atom is -0.367 e. The number of carbonyl (C=O) groups is 1. The number of carbonyl (C=O) groups excluding carboxylic acids is 1. The third kappa shape index (κ3) is 3.84. The van der Waals surface area contributed by atoms with Crippen molar-refractivity contribution in [2.45, 2.75) is 50.7 Å². The van der Waals surface area contributed by atoms with E-state index in [0.29, 0.717) is 13.2 Å². The number of amides is 1. The molecule has 2 N–H and O–H groups in total. The van der Waals surface area contributed by atoms with Gasteiger partial charge in [0.1, 0.15) is 6.10 Å². The Hall–Kier alpha value is -0.910. The summed E-state index contributed by atoms with van der Waals surface area (Å²) in [5.41, 5.74) is 5.34. The Bertz CT molecular complexity index is 482. The molecule has 1 aliphatic carbocycles. The molecule has 1 saturated heterocycles. The molecule has 4 nitrogen and oxygen atoms in total. The summed E-state index contributed by atoms with van der Waals surface area (Å²) in [6.07, 6.45) is 6.40. The maximum atomic E-state index is 11.2. The Balaban J connectivity index is 1.57. The highest BCUT2D eigenvalue weighted by atomic mass is 32.1. The zero-order valence-corrected chi connectivity index (χ0v) is 13.2. The lowest BCUT2D eigenvalue weighted by Crippen LogP contribution is -2.47. The van der Waals surface area contributed by atoms with Crippen LogP contribution in [0.3, 0.4) is 0 Å². The largest absolute Gasteiger partial charge is 0.367 e. The molecular formula is C16H24N2O2S. The number of morpholine rings is 1. The Kier molecular flexibility index (Phi) is 4.93. The van der Waals surface area contributed by atoms with Crippen LogP contribution in [0.4, 0.5) is 0 Å². The van der Waals surface area contributed by atoms with Crippen LogP contribution in [0.5, 0.6) is 0 Å². The molecule has 5 heteroatoms. The number of rotatable bonds is 4. The lowest BCUT2D eigenvalue weighted by Gasteiger charge is -2.30. The van der Waals surface area contributed by atoms with E-state index in [1.807, 2.05) is 11.3 Å². The third-order valence-corrected chi connectivity index (χ3v) is 5.77. The second-order valence-electron chi connectivity index (χ2n) is 6.14. The second kappa shape index (κ2) is 6.90. The van der Waals surface area contributed by atoms with Gasteiger partial charge in [-0.1, -0.05) is 19.3 Å². The highest BCUT2D eigenvalue weighted by molar-refractivity contribution is 7.12. The first-order chi connectivity index (χ1) is 10.2. The molecule has 0 bridgehead atoms.